The molecule has 2 heterocycles. The fourth-order valence-electron chi connectivity index (χ4n) is 1.75. The zero-order chi connectivity index (χ0) is 10.5. The smallest absolute Gasteiger partial charge is 0.237 e. The van der Waals surface area contributed by atoms with Crippen LogP contribution in [0.4, 0.5) is 5.69 Å². The summed E-state index contributed by atoms with van der Waals surface area (Å²) in [6, 6.07) is 4.43. The van der Waals surface area contributed by atoms with Gasteiger partial charge in [0.1, 0.15) is 0 Å². The molecular formula is C11H17N3O. The summed E-state index contributed by atoms with van der Waals surface area (Å²) in [5, 5.41) is 6.76. The van der Waals surface area contributed by atoms with E-state index in [9.17, 15) is 0 Å². The molecule has 1 fully saturated rings. The van der Waals surface area contributed by atoms with Gasteiger partial charge in [0, 0.05) is 18.8 Å². The summed E-state index contributed by atoms with van der Waals surface area (Å²) in [6.07, 6.45) is 2.91. The van der Waals surface area contributed by atoms with Gasteiger partial charge in [-0.05, 0) is 32.0 Å². The maximum atomic E-state index is 5.45. The van der Waals surface area contributed by atoms with Crippen molar-refractivity contribution in [3.05, 3.63) is 18.3 Å². The van der Waals surface area contributed by atoms with E-state index in [1.165, 1.54) is 0 Å². The van der Waals surface area contributed by atoms with Crippen molar-refractivity contribution in [3.63, 3.8) is 0 Å². The molecular weight excluding hydrogens is 190 g/mol. The van der Waals surface area contributed by atoms with Crippen LogP contribution in [0.15, 0.2) is 18.3 Å². The molecule has 1 saturated heterocycles. The van der Waals surface area contributed by atoms with E-state index in [0.29, 0.717) is 18.5 Å². The van der Waals surface area contributed by atoms with Crippen LogP contribution >= 0.6 is 0 Å². The molecule has 1 aromatic heterocycles. The van der Waals surface area contributed by atoms with Crippen LogP contribution < -0.4 is 15.4 Å². The summed E-state index contributed by atoms with van der Waals surface area (Å²) in [5.74, 6) is 0.701. The van der Waals surface area contributed by atoms with Gasteiger partial charge < -0.3 is 15.4 Å². The highest BCUT2D eigenvalue weighted by molar-refractivity contribution is 5.52. The van der Waals surface area contributed by atoms with Crippen molar-refractivity contribution >= 4 is 5.69 Å². The number of nitrogens with zero attached hydrogens (tertiary/aromatic N) is 1. The summed E-state index contributed by atoms with van der Waals surface area (Å²) in [4.78, 5) is 4.21. The summed E-state index contributed by atoms with van der Waals surface area (Å²) >= 11 is 0. The Hall–Kier alpha value is -1.29. The van der Waals surface area contributed by atoms with E-state index in [1.54, 1.807) is 6.20 Å². The van der Waals surface area contributed by atoms with Crippen LogP contribution in [-0.4, -0.2) is 30.7 Å². The van der Waals surface area contributed by atoms with Crippen LogP contribution in [-0.2, 0) is 0 Å². The fraction of sp³-hybridized carbons (Fsp3) is 0.545. The van der Waals surface area contributed by atoms with E-state index in [4.69, 9.17) is 4.74 Å². The number of ether oxygens (including phenoxy) is 1. The first-order valence-corrected chi connectivity index (χ1v) is 5.45. The lowest BCUT2D eigenvalue weighted by atomic mass is 10.2. The number of anilines is 1. The Bertz CT molecular complexity index is 310. The van der Waals surface area contributed by atoms with Crippen molar-refractivity contribution < 1.29 is 4.74 Å². The fourth-order valence-corrected chi connectivity index (χ4v) is 1.75. The van der Waals surface area contributed by atoms with Crippen molar-refractivity contribution in [1.82, 2.24) is 10.3 Å². The largest absolute Gasteiger partial charge is 0.476 e. The van der Waals surface area contributed by atoms with Crippen molar-refractivity contribution in [2.24, 2.45) is 0 Å². The van der Waals surface area contributed by atoms with Gasteiger partial charge in [-0.1, -0.05) is 0 Å². The summed E-state index contributed by atoms with van der Waals surface area (Å²) in [6.45, 7) is 4.71. The van der Waals surface area contributed by atoms with Gasteiger partial charge in [0.2, 0.25) is 5.88 Å². The van der Waals surface area contributed by atoms with E-state index in [-0.39, 0.29) is 0 Å². The molecule has 0 aliphatic carbocycles. The third-order valence-corrected chi connectivity index (χ3v) is 2.47. The Labute approximate surface area is 90.0 Å². The molecule has 0 aromatic carbocycles. The lowest BCUT2D eigenvalue weighted by molar-refractivity contribution is 0.328. The Morgan fingerprint density at radius 2 is 2.60 bits per heavy atom. The maximum absolute atomic E-state index is 5.45. The third-order valence-electron chi connectivity index (χ3n) is 2.47. The van der Waals surface area contributed by atoms with E-state index in [0.717, 1.165) is 25.2 Å². The molecule has 0 amide bonds. The van der Waals surface area contributed by atoms with Crippen LogP contribution in [0, 0.1) is 0 Å². The number of pyridine rings is 1. The second kappa shape index (κ2) is 4.98. The Morgan fingerprint density at radius 1 is 1.67 bits per heavy atom. The SMILES string of the molecule is CCOc1ncccc1NC1CCNC1. The predicted molar refractivity (Wildman–Crippen MR) is 60.3 cm³/mol. The highest BCUT2D eigenvalue weighted by atomic mass is 16.5. The van der Waals surface area contributed by atoms with Crippen LogP contribution in [0.25, 0.3) is 0 Å². The van der Waals surface area contributed by atoms with E-state index < -0.39 is 0 Å². The number of rotatable bonds is 4. The quantitative estimate of drug-likeness (QED) is 0.780. The predicted octanol–water partition coefficient (Wildman–Crippen LogP) is 1.25. The van der Waals surface area contributed by atoms with E-state index in [1.807, 2.05) is 19.1 Å². The van der Waals surface area contributed by atoms with Gasteiger partial charge in [-0.25, -0.2) is 4.98 Å². The number of hydrogen-bond donors (Lipinski definition) is 2. The van der Waals surface area contributed by atoms with E-state index in [2.05, 4.69) is 15.6 Å². The number of aromatic nitrogens is 1. The van der Waals surface area contributed by atoms with Crippen molar-refractivity contribution in [2.75, 3.05) is 25.0 Å². The standard InChI is InChI=1S/C11H17N3O/c1-2-15-11-10(4-3-6-13-11)14-9-5-7-12-8-9/h3-4,6,9,12,14H,2,5,7-8H2,1H3. The minimum atomic E-state index is 0.494. The van der Waals surface area contributed by atoms with Gasteiger partial charge in [-0.2, -0.15) is 0 Å². The van der Waals surface area contributed by atoms with Crippen LogP contribution in [0.3, 0.4) is 0 Å². The van der Waals surface area contributed by atoms with Gasteiger partial charge in [0.05, 0.1) is 12.3 Å². The Balaban J connectivity index is 2.05. The first-order chi connectivity index (χ1) is 7.40. The lowest BCUT2D eigenvalue weighted by Gasteiger charge is -2.15. The molecule has 1 aromatic rings. The molecule has 2 N–H and O–H groups in total. The molecule has 2 rings (SSSR count). The first kappa shape index (κ1) is 10.2. The zero-order valence-electron chi connectivity index (χ0n) is 8.99. The maximum Gasteiger partial charge on any atom is 0.237 e. The molecule has 0 spiro atoms. The third kappa shape index (κ3) is 2.59. The molecule has 0 radical (unpaired) electrons. The second-order valence-corrected chi connectivity index (χ2v) is 3.62. The van der Waals surface area contributed by atoms with Gasteiger partial charge in [0.15, 0.2) is 0 Å². The zero-order valence-corrected chi connectivity index (χ0v) is 8.99. The number of hydrogen-bond acceptors (Lipinski definition) is 4. The topological polar surface area (TPSA) is 46.2 Å². The highest BCUT2D eigenvalue weighted by Crippen LogP contribution is 2.22. The van der Waals surface area contributed by atoms with Gasteiger partial charge in [-0.15, -0.1) is 0 Å². The summed E-state index contributed by atoms with van der Waals surface area (Å²) in [5.41, 5.74) is 0.994. The monoisotopic (exact) mass is 207 g/mol. The molecule has 4 nitrogen and oxygen atoms in total. The van der Waals surface area contributed by atoms with Crippen molar-refractivity contribution in [1.29, 1.82) is 0 Å². The van der Waals surface area contributed by atoms with Gasteiger partial charge in [0.25, 0.3) is 0 Å². The average molecular weight is 207 g/mol. The van der Waals surface area contributed by atoms with Gasteiger partial charge >= 0.3 is 0 Å². The minimum Gasteiger partial charge on any atom is -0.476 e. The number of nitrogens with one attached hydrogen (secondary N) is 2. The normalized spacial score (nSPS) is 20.2. The second-order valence-electron chi connectivity index (χ2n) is 3.62. The minimum absolute atomic E-state index is 0.494. The molecule has 82 valence electrons. The van der Waals surface area contributed by atoms with E-state index >= 15 is 0 Å². The average Bonchev–Trinajstić information content (AvgIpc) is 2.74. The molecule has 4 heteroatoms. The molecule has 0 bridgehead atoms. The summed E-state index contributed by atoms with van der Waals surface area (Å²) < 4.78 is 5.45. The Morgan fingerprint density at radius 3 is 3.33 bits per heavy atom. The molecule has 1 aliphatic rings. The van der Waals surface area contributed by atoms with Crippen LogP contribution in [0.5, 0.6) is 5.88 Å². The molecule has 1 aliphatic heterocycles. The summed E-state index contributed by atoms with van der Waals surface area (Å²) in [7, 11) is 0. The van der Waals surface area contributed by atoms with Gasteiger partial charge in [-0.3, -0.25) is 0 Å². The molecule has 0 saturated carbocycles. The molecule has 15 heavy (non-hydrogen) atoms. The molecule has 1 unspecified atom stereocenters. The van der Waals surface area contributed by atoms with Crippen LogP contribution in [0.1, 0.15) is 13.3 Å². The lowest BCUT2D eigenvalue weighted by Crippen LogP contribution is -2.22. The van der Waals surface area contributed by atoms with Crippen molar-refractivity contribution in [2.45, 2.75) is 19.4 Å². The van der Waals surface area contributed by atoms with Crippen molar-refractivity contribution in [3.8, 4) is 5.88 Å². The highest BCUT2D eigenvalue weighted by Gasteiger charge is 2.15. The molecule has 1 atom stereocenters. The first-order valence-electron chi connectivity index (χ1n) is 5.45. The van der Waals surface area contributed by atoms with Crippen LogP contribution in [0.2, 0.25) is 0 Å². The Kier molecular flexibility index (Phi) is 3.40.